The lowest BCUT2D eigenvalue weighted by atomic mass is 10.2. The van der Waals surface area contributed by atoms with Gasteiger partial charge in [-0.15, -0.1) is 0 Å². The van der Waals surface area contributed by atoms with Crippen LogP contribution in [0.4, 0.5) is 11.6 Å². The van der Waals surface area contributed by atoms with Gasteiger partial charge in [-0.25, -0.2) is 15.8 Å². The molecule has 1 aromatic heterocycles. The van der Waals surface area contributed by atoms with Crippen LogP contribution in [-0.2, 0) is 16.1 Å². The highest BCUT2D eigenvalue weighted by Gasteiger charge is 2.27. The summed E-state index contributed by atoms with van der Waals surface area (Å²) in [5.41, 5.74) is 2.53. The summed E-state index contributed by atoms with van der Waals surface area (Å²) in [4.78, 5) is 10.8. The summed E-state index contributed by atoms with van der Waals surface area (Å²) in [7, 11) is 1.59. The molecule has 2 rings (SSSR count). The Morgan fingerprint density at radius 3 is 3.05 bits per heavy atom. The van der Waals surface area contributed by atoms with Gasteiger partial charge < -0.3 is 24.9 Å². The number of methoxy groups -OCH3 is 1. The number of ether oxygens (including phenoxy) is 2. The molecule has 2 unspecified atom stereocenters. The minimum atomic E-state index is -0.207. The monoisotopic (exact) mass is 283 g/mol. The lowest BCUT2D eigenvalue weighted by molar-refractivity contribution is -0.0106. The van der Waals surface area contributed by atoms with Crippen LogP contribution in [0.2, 0.25) is 0 Å². The number of hydrogen-bond donors (Lipinski definition) is 3. The third kappa shape index (κ3) is 3.34. The molecule has 8 nitrogen and oxygen atoms in total. The fourth-order valence-corrected chi connectivity index (χ4v) is 2.14. The number of nitrogens with two attached hydrogens (primary N) is 1. The zero-order valence-corrected chi connectivity index (χ0v) is 11.7. The summed E-state index contributed by atoms with van der Waals surface area (Å²) in [5.74, 6) is 7.26. The van der Waals surface area contributed by atoms with Crippen molar-refractivity contribution in [2.45, 2.75) is 25.7 Å². The van der Waals surface area contributed by atoms with Crippen molar-refractivity contribution in [3.05, 3.63) is 11.9 Å². The first kappa shape index (κ1) is 14.9. The van der Waals surface area contributed by atoms with Crippen molar-refractivity contribution in [3.8, 4) is 0 Å². The second kappa shape index (κ2) is 6.80. The van der Waals surface area contributed by atoms with Crippen molar-refractivity contribution in [2.75, 3.05) is 37.2 Å². The van der Waals surface area contributed by atoms with Crippen molar-refractivity contribution in [1.29, 1.82) is 0 Å². The first-order valence-electron chi connectivity index (χ1n) is 6.50. The van der Waals surface area contributed by atoms with Gasteiger partial charge >= 0.3 is 0 Å². The predicted molar refractivity (Wildman–Crippen MR) is 74.2 cm³/mol. The number of nitrogens with zero attached hydrogens (tertiary/aromatic N) is 3. The molecule has 112 valence electrons. The Kier molecular flexibility index (Phi) is 5.07. The molecule has 2 atom stereocenters. The van der Waals surface area contributed by atoms with Gasteiger partial charge in [0.25, 0.3) is 0 Å². The van der Waals surface area contributed by atoms with Crippen LogP contribution >= 0.6 is 0 Å². The summed E-state index contributed by atoms with van der Waals surface area (Å²) in [6.07, 6.45) is -0.207. The van der Waals surface area contributed by atoms with Crippen molar-refractivity contribution in [2.24, 2.45) is 5.84 Å². The van der Waals surface area contributed by atoms with Gasteiger partial charge in [0.15, 0.2) is 5.82 Å². The number of aliphatic hydroxyl groups is 1. The van der Waals surface area contributed by atoms with E-state index < -0.39 is 0 Å². The first-order chi connectivity index (χ1) is 9.67. The van der Waals surface area contributed by atoms with Crippen LogP contribution in [0.1, 0.15) is 12.7 Å². The number of rotatable bonds is 5. The molecular weight excluding hydrogens is 262 g/mol. The van der Waals surface area contributed by atoms with Crippen molar-refractivity contribution in [1.82, 2.24) is 9.97 Å². The van der Waals surface area contributed by atoms with Crippen LogP contribution in [0.15, 0.2) is 6.07 Å². The van der Waals surface area contributed by atoms with E-state index in [-0.39, 0.29) is 18.8 Å². The number of morpholine rings is 1. The molecule has 1 fully saturated rings. The normalized spacial score (nSPS) is 22.9. The zero-order valence-electron chi connectivity index (χ0n) is 11.7. The molecule has 0 spiro atoms. The van der Waals surface area contributed by atoms with E-state index in [0.717, 1.165) is 5.82 Å². The van der Waals surface area contributed by atoms with Crippen LogP contribution in [0.25, 0.3) is 0 Å². The third-order valence-electron chi connectivity index (χ3n) is 3.18. The fraction of sp³-hybridized carbons (Fsp3) is 0.667. The van der Waals surface area contributed by atoms with E-state index in [0.29, 0.717) is 31.4 Å². The quantitative estimate of drug-likeness (QED) is 0.490. The Balaban J connectivity index is 2.26. The molecule has 0 bridgehead atoms. The van der Waals surface area contributed by atoms with E-state index in [4.69, 9.17) is 15.3 Å². The number of aromatic nitrogens is 2. The second-order valence-electron chi connectivity index (χ2n) is 4.74. The summed E-state index contributed by atoms with van der Waals surface area (Å²) >= 11 is 0. The average molecular weight is 283 g/mol. The Morgan fingerprint density at radius 2 is 2.40 bits per heavy atom. The predicted octanol–water partition coefficient (Wildman–Crippen LogP) is -0.505. The highest BCUT2D eigenvalue weighted by Crippen LogP contribution is 2.22. The molecule has 1 saturated heterocycles. The van der Waals surface area contributed by atoms with Crippen molar-refractivity contribution < 1.29 is 14.6 Å². The van der Waals surface area contributed by atoms with Crippen molar-refractivity contribution >= 4 is 11.6 Å². The van der Waals surface area contributed by atoms with Crippen LogP contribution in [0, 0.1) is 0 Å². The number of hydrogen-bond acceptors (Lipinski definition) is 8. The molecule has 0 aromatic carbocycles. The standard InChI is InChI=1S/C12H21N5O3/c1-8-6-20-9(5-18)4-17(8)12-3-10(16-13)14-11(15-12)7-19-2/h3,8-9,18H,4-7,13H2,1-2H3,(H,14,15,16). The lowest BCUT2D eigenvalue weighted by Gasteiger charge is -2.38. The summed E-state index contributed by atoms with van der Waals surface area (Å²) < 4.78 is 10.6. The van der Waals surface area contributed by atoms with E-state index >= 15 is 0 Å². The highest BCUT2D eigenvalue weighted by molar-refractivity contribution is 5.50. The van der Waals surface area contributed by atoms with Gasteiger partial charge in [0, 0.05) is 19.7 Å². The molecular formula is C12H21N5O3. The van der Waals surface area contributed by atoms with Gasteiger partial charge in [0.05, 0.1) is 25.4 Å². The fourth-order valence-electron chi connectivity index (χ4n) is 2.14. The highest BCUT2D eigenvalue weighted by atomic mass is 16.5. The molecule has 0 aliphatic carbocycles. The van der Waals surface area contributed by atoms with E-state index in [2.05, 4.69) is 20.3 Å². The molecule has 4 N–H and O–H groups in total. The van der Waals surface area contributed by atoms with Crippen LogP contribution < -0.4 is 16.2 Å². The maximum Gasteiger partial charge on any atom is 0.158 e. The summed E-state index contributed by atoms with van der Waals surface area (Å²) in [6, 6.07) is 1.93. The molecule has 1 aliphatic rings. The van der Waals surface area contributed by atoms with Crippen LogP contribution in [0.3, 0.4) is 0 Å². The van der Waals surface area contributed by atoms with Gasteiger partial charge in [-0.1, -0.05) is 0 Å². The van der Waals surface area contributed by atoms with Crippen molar-refractivity contribution in [3.63, 3.8) is 0 Å². The SMILES string of the molecule is COCc1nc(NN)cc(N2CC(CO)OCC2C)n1. The number of hydrazine groups is 1. The van der Waals surface area contributed by atoms with Gasteiger partial charge in [-0.05, 0) is 6.92 Å². The van der Waals surface area contributed by atoms with Crippen LogP contribution in [-0.4, -0.2) is 54.1 Å². The van der Waals surface area contributed by atoms with E-state index in [1.54, 1.807) is 13.2 Å². The number of nitrogens with one attached hydrogen (secondary N) is 1. The minimum absolute atomic E-state index is 0.0127. The molecule has 0 saturated carbocycles. The Bertz CT molecular complexity index is 445. The Labute approximate surface area is 117 Å². The molecule has 2 heterocycles. The summed E-state index contributed by atoms with van der Waals surface area (Å²) in [5, 5.41) is 9.24. The molecule has 8 heteroatoms. The van der Waals surface area contributed by atoms with E-state index in [9.17, 15) is 5.11 Å². The first-order valence-corrected chi connectivity index (χ1v) is 6.50. The maximum absolute atomic E-state index is 9.24. The molecule has 0 radical (unpaired) electrons. The zero-order chi connectivity index (χ0) is 14.5. The minimum Gasteiger partial charge on any atom is -0.394 e. The van der Waals surface area contributed by atoms with E-state index in [1.807, 2.05) is 6.92 Å². The van der Waals surface area contributed by atoms with Gasteiger partial charge in [0.1, 0.15) is 18.2 Å². The molecule has 0 amide bonds. The Hall–Kier alpha value is -1.48. The van der Waals surface area contributed by atoms with Gasteiger partial charge in [-0.2, -0.15) is 0 Å². The number of anilines is 2. The lowest BCUT2D eigenvalue weighted by Crippen LogP contribution is -2.50. The topological polar surface area (TPSA) is 106 Å². The third-order valence-corrected chi connectivity index (χ3v) is 3.18. The average Bonchev–Trinajstić information content (AvgIpc) is 2.47. The van der Waals surface area contributed by atoms with Gasteiger partial charge in [0.2, 0.25) is 0 Å². The maximum atomic E-state index is 9.24. The number of aliphatic hydroxyl groups excluding tert-OH is 1. The number of nitrogen functional groups attached to an aromatic ring is 1. The largest absolute Gasteiger partial charge is 0.394 e. The molecule has 1 aromatic rings. The Morgan fingerprint density at radius 1 is 1.60 bits per heavy atom. The summed E-state index contributed by atoms with van der Waals surface area (Å²) in [6.45, 7) is 3.46. The second-order valence-corrected chi connectivity index (χ2v) is 4.74. The smallest absolute Gasteiger partial charge is 0.158 e. The molecule has 20 heavy (non-hydrogen) atoms. The van der Waals surface area contributed by atoms with Gasteiger partial charge in [-0.3, -0.25) is 0 Å². The van der Waals surface area contributed by atoms with Crippen LogP contribution in [0.5, 0.6) is 0 Å². The van der Waals surface area contributed by atoms with E-state index in [1.165, 1.54) is 0 Å². The molecule has 1 aliphatic heterocycles.